The van der Waals surface area contributed by atoms with Crippen LogP contribution in [0.25, 0.3) is 0 Å². The Morgan fingerprint density at radius 1 is 1.28 bits per heavy atom. The predicted molar refractivity (Wildman–Crippen MR) is 65.5 cm³/mol. The maximum absolute atomic E-state index is 12.0. The lowest BCUT2D eigenvalue weighted by Crippen LogP contribution is -2.63. The molecule has 2 unspecified atom stereocenters. The molecule has 0 bridgehead atoms. The van der Waals surface area contributed by atoms with Gasteiger partial charge in [-0.1, -0.05) is 30.3 Å². The zero-order valence-corrected chi connectivity index (χ0v) is 10.2. The Balaban J connectivity index is 2.21. The molecule has 18 heavy (non-hydrogen) atoms. The Morgan fingerprint density at radius 3 is 2.56 bits per heavy atom. The van der Waals surface area contributed by atoms with Crippen LogP contribution in [-0.2, 0) is 16.1 Å². The summed E-state index contributed by atoms with van der Waals surface area (Å²) in [6, 6.07) is 8.08. The van der Waals surface area contributed by atoms with E-state index in [4.69, 9.17) is 0 Å². The molecule has 1 fully saturated rings. The topological polar surface area (TPSA) is 69.6 Å². The van der Waals surface area contributed by atoms with Crippen LogP contribution in [0.3, 0.4) is 0 Å². The standard InChI is InChI=1S/C13H16N2O3/c1-9-13(18)15(11(8-16)12(17)14-9)7-10-5-3-2-4-6-10/h2-6,9,11,16H,7-8H2,1H3,(H,14,17). The average Bonchev–Trinajstić information content (AvgIpc) is 2.37. The molecule has 2 amide bonds. The molecule has 1 saturated heterocycles. The van der Waals surface area contributed by atoms with Gasteiger partial charge in [0.2, 0.25) is 11.8 Å². The number of aliphatic hydroxyl groups excluding tert-OH is 1. The van der Waals surface area contributed by atoms with Crippen molar-refractivity contribution in [1.82, 2.24) is 10.2 Å². The molecule has 1 aromatic carbocycles. The minimum absolute atomic E-state index is 0.169. The van der Waals surface area contributed by atoms with Gasteiger partial charge in [-0.15, -0.1) is 0 Å². The molecular formula is C13H16N2O3. The van der Waals surface area contributed by atoms with Gasteiger partial charge in [0.1, 0.15) is 12.1 Å². The molecule has 2 atom stereocenters. The van der Waals surface area contributed by atoms with Gasteiger partial charge >= 0.3 is 0 Å². The molecule has 1 aromatic rings. The number of carbonyl (C=O) groups is 2. The normalized spacial score (nSPS) is 24.0. The van der Waals surface area contributed by atoms with Crippen LogP contribution in [-0.4, -0.2) is 40.5 Å². The third-order valence-electron chi connectivity index (χ3n) is 3.06. The quantitative estimate of drug-likeness (QED) is 0.784. The smallest absolute Gasteiger partial charge is 0.245 e. The molecule has 1 aliphatic heterocycles. The van der Waals surface area contributed by atoms with Gasteiger partial charge in [0.15, 0.2) is 0 Å². The Kier molecular flexibility index (Phi) is 3.62. The summed E-state index contributed by atoms with van der Waals surface area (Å²) >= 11 is 0. The Bertz CT molecular complexity index is 447. The molecule has 0 aromatic heterocycles. The van der Waals surface area contributed by atoms with Gasteiger partial charge < -0.3 is 15.3 Å². The van der Waals surface area contributed by atoms with Gasteiger partial charge in [-0.25, -0.2) is 0 Å². The largest absolute Gasteiger partial charge is 0.394 e. The van der Waals surface area contributed by atoms with Gasteiger partial charge in [-0.05, 0) is 12.5 Å². The average molecular weight is 248 g/mol. The molecular weight excluding hydrogens is 232 g/mol. The van der Waals surface area contributed by atoms with E-state index in [1.165, 1.54) is 4.90 Å². The highest BCUT2D eigenvalue weighted by Crippen LogP contribution is 2.14. The fraction of sp³-hybridized carbons (Fsp3) is 0.385. The van der Waals surface area contributed by atoms with E-state index in [0.717, 1.165) is 5.56 Å². The first-order valence-electron chi connectivity index (χ1n) is 5.89. The highest BCUT2D eigenvalue weighted by Gasteiger charge is 2.37. The Labute approximate surface area is 105 Å². The van der Waals surface area contributed by atoms with E-state index in [9.17, 15) is 14.7 Å². The van der Waals surface area contributed by atoms with E-state index in [0.29, 0.717) is 6.54 Å². The zero-order chi connectivity index (χ0) is 13.1. The van der Waals surface area contributed by atoms with Crippen molar-refractivity contribution in [2.75, 3.05) is 6.61 Å². The van der Waals surface area contributed by atoms with Crippen molar-refractivity contribution >= 4 is 11.8 Å². The third kappa shape index (κ3) is 2.36. The maximum atomic E-state index is 12.0. The molecule has 5 nitrogen and oxygen atoms in total. The lowest BCUT2D eigenvalue weighted by molar-refractivity contribution is -0.151. The number of aliphatic hydroxyl groups is 1. The first-order valence-corrected chi connectivity index (χ1v) is 5.89. The Morgan fingerprint density at radius 2 is 1.94 bits per heavy atom. The summed E-state index contributed by atoms with van der Waals surface area (Å²) in [5.74, 6) is -0.474. The summed E-state index contributed by atoms with van der Waals surface area (Å²) in [5, 5.41) is 11.8. The number of carbonyl (C=O) groups excluding carboxylic acids is 2. The second kappa shape index (κ2) is 5.18. The fourth-order valence-electron chi connectivity index (χ4n) is 2.06. The Hall–Kier alpha value is -1.88. The number of piperazine rings is 1. The number of hydrogen-bond acceptors (Lipinski definition) is 3. The van der Waals surface area contributed by atoms with Crippen molar-refractivity contribution in [3.8, 4) is 0 Å². The van der Waals surface area contributed by atoms with Gasteiger partial charge in [-0.3, -0.25) is 9.59 Å². The van der Waals surface area contributed by atoms with Crippen LogP contribution >= 0.6 is 0 Å². The van der Waals surface area contributed by atoms with Gasteiger partial charge in [0, 0.05) is 6.54 Å². The first-order chi connectivity index (χ1) is 8.63. The van der Waals surface area contributed by atoms with Gasteiger partial charge in [-0.2, -0.15) is 0 Å². The number of nitrogens with one attached hydrogen (secondary N) is 1. The molecule has 96 valence electrons. The monoisotopic (exact) mass is 248 g/mol. The molecule has 2 rings (SSSR count). The molecule has 2 N–H and O–H groups in total. The van der Waals surface area contributed by atoms with Crippen molar-refractivity contribution in [1.29, 1.82) is 0 Å². The molecule has 1 heterocycles. The van der Waals surface area contributed by atoms with Crippen LogP contribution in [0.5, 0.6) is 0 Å². The van der Waals surface area contributed by atoms with Crippen LogP contribution in [0.2, 0.25) is 0 Å². The lowest BCUT2D eigenvalue weighted by atomic mass is 10.1. The number of nitrogens with zero attached hydrogens (tertiary/aromatic N) is 1. The van der Waals surface area contributed by atoms with Crippen LogP contribution in [0.1, 0.15) is 12.5 Å². The van der Waals surface area contributed by atoms with Crippen molar-refractivity contribution in [3.05, 3.63) is 35.9 Å². The summed E-state index contributed by atoms with van der Waals surface area (Å²) in [7, 11) is 0. The van der Waals surface area contributed by atoms with Gasteiger partial charge in [0.25, 0.3) is 0 Å². The molecule has 5 heteroatoms. The van der Waals surface area contributed by atoms with E-state index in [2.05, 4.69) is 5.32 Å². The molecule has 0 radical (unpaired) electrons. The number of hydrogen-bond donors (Lipinski definition) is 2. The van der Waals surface area contributed by atoms with Crippen LogP contribution in [0.15, 0.2) is 30.3 Å². The van der Waals surface area contributed by atoms with Crippen LogP contribution in [0.4, 0.5) is 0 Å². The summed E-state index contributed by atoms with van der Waals surface area (Å²) in [4.78, 5) is 25.2. The molecule has 0 aliphatic carbocycles. The highest BCUT2D eigenvalue weighted by molar-refractivity contribution is 5.96. The summed E-state index contributed by atoms with van der Waals surface area (Å²) in [6.45, 7) is 1.62. The van der Waals surface area contributed by atoms with E-state index >= 15 is 0 Å². The molecule has 1 aliphatic rings. The van der Waals surface area contributed by atoms with Gasteiger partial charge in [0.05, 0.1) is 6.61 Å². The number of amides is 2. The van der Waals surface area contributed by atoms with Crippen molar-refractivity contribution in [2.24, 2.45) is 0 Å². The maximum Gasteiger partial charge on any atom is 0.245 e. The predicted octanol–water partition coefficient (Wildman–Crippen LogP) is -0.106. The second-order valence-electron chi connectivity index (χ2n) is 4.38. The highest BCUT2D eigenvalue weighted by atomic mass is 16.3. The SMILES string of the molecule is CC1NC(=O)C(CO)N(Cc2ccccc2)C1=O. The van der Waals surface area contributed by atoms with Crippen LogP contribution in [0, 0.1) is 0 Å². The molecule has 0 spiro atoms. The van der Waals surface area contributed by atoms with E-state index in [-0.39, 0.29) is 18.4 Å². The van der Waals surface area contributed by atoms with Crippen molar-refractivity contribution < 1.29 is 14.7 Å². The summed E-state index contributed by atoms with van der Waals surface area (Å²) in [6.07, 6.45) is 0. The first kappa shape index (κ1) is 12.6. The van der Waals surface area contributed by atoms with Crippen molar-refractivity contribution in [2.45, 2.75) is 25.6 Å². The second-order valence-corrected chi connectivity index (χ2v) is 4.38. The lowest BCUT2D eigenvalue weighted by Gasteiger charge is -2.37. The van der Waals surface area contributed by atoms with Crippen LogP contribution < -0.4 is 5.32 Å². The van der Waals surface area contributed by atoms with Crippen molar-refractivity contribution in [3.63, 3.8) is 0 Å². The van der Waals surface area contributed by atoms with E-state index in [1.54, 1.807) is 6.92 Å². The summed E-state index contributed by atoms with van der Waals surface area (Å²) < 4.78 is 0. The van der Waals surface area contributed by atoms with E-state index < -0.39 is 12.1 Å². The third-order valence-corrected chi connectivity index (χ3v) is 3.06. The number of rotatable bonds is 3. The fourth-order valence-corrected chi connectivity index (χ4v) is 2.06. The zero-order valence-electron chi connectivity index (χ0n) is 10.2. The number of benzene rings is 1. The minimum atomic E-state index is -0.797. The summed E-state index contributed by atoms with van der Waals surface area (Å²) in [5.41, 5.74) is 0.936. The van der Waals surface area contributed by atoms with E-state index in [1.807, 2.05) is 30.3 Å². The minimum Gasteiger partial charge on any atom is -0.394 e. The molecule has 0 saturated carbocycles.